The summed E-state index contributed by atoms with van der Waals surface area (Å²) in [5, 5.41) is 0. The lowest BCUT2D eigenvalue weighted by molar-refractivity contribution is -0.134. The highest BCUT2D eigenvalue weighted by molar-refractivity contribution is 5.79. The molecule has 1 fully saturated rings. The van der Waals surface area contributed by atoms with Gasteiger partial charge in [0.1, 0.15) is 5.75 Å². The molecule has 110 valence electrons. The van der Waals surface area contributed by atoms with Crippen LogP contribution < -0.4 is 10.5 Å². The highest BCUT2D eigenvalue weighted by atomic mass is 16.5. The zero-order valence-electron chi connectivity index (χ0n) is 12.6. The van der Waals surface area contributed by atoms with E-state index in [4.69, 9.17) is 10.5 Å². The Hall–Kier alpha value is -1.55. The fourth-order valence-electron chi connectivity index (χ4n) is 2.94. The molecule has 0 aliphatic heterocycles. The molecular formula is C16H24N2O2. The second-order valence-corrected chi connectivity index (χ2v) is 5.77. The van der Waals surface area contributed by atoms with Crippen LogP contribution in [-0.4, -0.2) is 31.0 Å². The standard InChI is InChI=1S/C16H24N2O2/c1-11-8-12(4-7-15(11)20-3)10-18(2)16(19)13-5-6-14(17)9-13/h4,7-8,13-14H,5-6,9-10,17H2,1-3H3. The van der Waals surface area contributed by atoms with Gasteiger partial charge in [0.25, 0.3) is 0 Å². The lowest BCUT2D eigenvalue weighted by Gasteiger charge is -2.21. The molecule has 0 heterocycles. The third kappa shape index (κ3) is 3.31. The topological polar surface area (TPSA) is 55.6 Å². The predicted octanol–water partition coefficient (Wildman–Crippen LogP) is 2.09. The first-order valence-corrected chi connectivity index (χ1v) is 7.15. The van der Waals surface area contributed by atoms with Gasteiger partial charge in [0.2, 0.25) is 5.91 Å². The molecule has 0 saturated heterocycles. The zero-order valence-corrected chi connectivity index (χ0v) is 12.6. The van der Waals surface area contributed by atoms with Crippen LogP contribution in [0, 0.1) is 12.8 Å². The molecule has 0 bridgehead atoms. The summed E-state index contributed by atoms with van der Waals surface area (Å²) in [6.45, 7) is 2.65. The number of benzene rings is 1. The molecule has 0 aromatic heterocycles. The van der Waals surface area contributed by atoms with E-state index in [9.17, 15) is 4.79 Å². The molecule has 1 aromatic rings. The van der Waals surface area contributed by atoms with Crippen LogP contribution in [0.5, 0.6) is 5.75 Å². The average molecular weight is 276 g/mol. The molecular weight excluding hydrogens is 252 g/mol. The molecule has 4 heteroatoms. The van der Waals surface area contributed by atoms with Crippen LogP contribution in [0.4, 0.5) is 0 Å². The number of carbonyl (C=O) groups excluding carboxylic acids is 1. The maximum absolute atomic E-state index is 12.3. The molecule has 1 amide bonds. The van der Waals surface area contributed by atoms with Gasteiger partial charge in [-0.1, -0.05) is 12.1 Å². The van der Waals surface area contributed by atoms with Crippen molar-refractivity contribution in [2.75, 3.05) is 14.2 Å². The van der Waals surface area contributed by atoms with E-state index >= 15 is 0 Å². The Morgan fingerprint density at radius 1 is 1.45 bits per heavy atom. The van der Waals surface area contributed by atoms with Gasteiger partial charge in [-0.05, 0) is 43.4 Å². The van der Waals surface area contributed by atoms with E-state index in [1.54, 1.807) is 7.11 Å². The number of hydrogen-bond donors (Lipinski definition) is 1. The molecule has 1 aliphatic rings. The summed E-state index contributed by atoms with van der Waals surface area (Å²) >= 11 is 0. The van der Waals surface area contributed by atoms with Gasteiger partial charge in [-0.2, -0.15) is 0 Å². The number of nitrogens with zero attached hydrogens (tertiary/aromatic N) is 1. The molecule has 2 rings (SSSR count). The fraction of sp³-hybridized carbons (Fsp3) is 0.562. The van der Waals surface area contributed by atoms with Gasteiger partial charge >= 0.3 is 0 Å². The molecule has 1 aliphatic carbocycles. The summed E-state index contributed by atoms with van der Waals surface area (Å²) in [5.74, 6) is 1.20. The van der Waals surface area contributed by atoms with E-state index in [1.165, 1.54) is 0 Å². The number of ether oxygens (including phenoxy) is 1. The van der Waals surface area contributed by atoms with E-state index in [0.717, 1.165) is 36.1 Å². The third-order valence-electron chi connectivity index (χ3n) is 4.08. The van der Waals surface area contributed by atoms with Crippen LogP contribution >= 0.6 is 0 Å². The molecule has 4 nitrogen and oxygen atoms in total. The van der Waals surface area contributed by atoms with Gasteiger partial charge in [-0.25, -0.2) is 0 Å². The Kier molecular flexibility index (Phi) is 4.65. The Morgan fingerprint density at radius 3 is 2.75 bits per heavy atom. The molecule has 0 spiro atoms. The summed E-state index contributed by atoms with van der Waals surface area (Å²) in [6, 6.07) is 6.23. The van der Waals surface area contributed by atoms with Crippen LogP contribution in [0.1, 0.15) is 30.4 Å². The first-order valence-electron chi connectivity index (χ1n) is 7.15. The van der Waals surface area contributed by atoms with Crippen LogP contribution in [0.3, 0.4) is 0 Å². The molecule has 0 radical (unpaired) electrons. The van der Waals surface area contributed by atoms with Crippen molar-refractivity contribution >= 4 is 5.91 Å². The minimum absolute atomic E-state index is 0.106. The van der Waals surface area contributed by atoms with Gasteiger partial charge in [0.05, 0.1) is 7.11 Å². The minimum atomic E-state index is 0.106. The lowest BCUT2D eigenvalue weighted by Crippen LogP contribution is -2.32. The second kappa shape index (κ2) is 6.27. The predicted molar refractivity (Wildman–Crippen MR) is 79.5 cm³/mol. The van der Waals surface area contributed by atoms with Crippen molar-refractivity contribution in [3.63, 3.8) is 0 Å². The molecule has 1 saturated carbocycles. The Morgan fingerprint density at radius 2 is 2.20 bits per heavy atom. The number of amides is 1. The van der Waals surface area contributed by atoms with Crippen LogP contribution in [-0.2, 0) is 11.3 Å². The van der Waals surface area contributed by atoms with Gasteiger partial charge in [0.15, 0.2) is 0 Å². The number of nitrogens with two attached hydrogens (primary N) is 1. The van der Waals surface area contributed by atoms with Crippen molar-refractivity contribution in [3.8, 4) is 5.75 Å². The van der Waals surface area contributed by atoms with Crippen LogP contribution in [0.25, 0.3) is 0 Å². The first kappa shape index (κ1) is 14.9. The Bertz CT molecular complexity index is 487. The molecule has 2 atom stereocenters. The Labute approximate surface area is 120 Å². The van der Waals surface area contributed by atoms with Crippen molar-refractivity contribution in [3.05, 3.63) is 29.3 Å². The highest BCUT2D eigenvalue weighted by Crippen LogP contribution is 2.26. The van der Waals surface area contributed by atoms with Gasteiger partial charge in [-0.3, -0.25) is 4.79 Å². The van der Waals surface area contributed by atoms with E-state index in [-0.39, 0.29) is 17.9 Å². The summed E-state index contributed by atoms with van der Waals surface area (Å²) in [6.07, 6.45) is 2.71. The lowest BCUT2D eigenvalue weighted by atomic mass is 10.1. The van der Waals surface area contributed by atoms with E-state index < -0.39 is 0 Å². The van der Waals surface area contributed by atoms with Crippen LogP contribution in [0.15, 0.2) is 18.2 Å². The largest absolute Gasteiger partial charge is 0.496 e. The quantitative estimate of drug-likeness (QED) is 0.916. The normalized spacial score (nSPS) is 21.8. The number of methoxy groups -OCH3 is 1. The Balaban J connectivity index is 1.98. The van der Waals surface area contributed by atoms with Gasteiger partial charge in [-0.15, -0.1) is 0 Å². The average Bonchev–Trinajstić information content (AvgIpc) is 2.84. The number of carbonyl (C=O) groups is 1. The zero-order chi connectivity index (χ0) is 14.7. The molecule has 1 aromatic carbocycles. The maximum atomic E-state index is 12.3. The number of rotatable bonds is 4. The molecule has 20 heavy (non-hydrogen) atoms. The number of aryl methyl sites for hydroxylation is 1. The van der Waals surface area contributed by atoms with E-state index in [0.29, 0.717) is 6.54 Å². The SMILES string of the molecule is COc1ccc(CN(C)C(=O)C2CCC(N)C2)cc1C. The summed E-state index contributed by atoms with van der Waals surface area (Å²) in [4.78, 5) is 14.2. The monoisotopic (exact) mass is 276 g/mol. The second-order valence-electron chi connectivity index (χ2n) is 5.77. The van der Waals surface area contributed by atoms with Crippen molar-refractivity contribution in [2.24, 2.45) is 11.7 Å². The fourth-order valence-corrected chi connectivity index (χ4v) is 2.94. The molecule has 2 N–H and O–H groups in total. The minimum Gasteiger partial charge on any atom is -0.496 e. The summed E-state index contributed by atoms with van der Waals surface area (Å²) in [5.41, 5.74) is 8.10. The third-order valence-corrected chi connectivity index (χ3v) is 4.08. The maximum Gasteiger partial charge on any atom is 0.225 e. The van der Waals surface area contributed by atoms with E-state index in [2.05, 4.69) is 6.07 Å². The highest BCUT2D eigenvalue weighted by Gasteiger charge is 2.29. The van der Waals surface area contributed by atoms with Crippen molar-refractivity contribution in [2.45, 2.75) is 38.8 Å². The van der Waals surface area contributed by atoms with Gasteiger partial charge in [0, 0.05) is 25.6 Å². The van der Waals surface area contributed by atoms with E-state index in [1.807, 2.05) is 31.0 Å². The molecule has 2 unspecified atom stereocenters. The van der Waals surface area contributed by atoms with Crippen LogP contribution in [0.2, 0.25) is 0 Å². The van der Waals surface area contributed by atoms with Crippen molar-refractivity contribution < 1.29 is 9.53 Å². The number of hydrogen-bond acceptors (Lipinski definition) is 3. The van der Waals surface area contributed by atoms with Gasteiger partial charge < -0.3 is 15.4 Å². The summed E-state index contributed by atoms with van der Waals surface area (Å²) in [7, 11) is 3.53. The van der Waals surface area contributed by atoms with Crippen molar-refractivity contribution in [1.82, 2.24) is 4.90 Å². The smallest absolute Gasteiger partial charge is 0.225 e. The first-order chi connectivity index (χ1) is 9.51. The summed E-state index contributed by atoms with van der Waals surface area (Å²) < 4.78 is 5.25. The van der Waals surface area contributed by atoms with Crippen molar-refractivity contribution in [1.29, 1.82) is 0 Å².